The molecule has 1 atom stereocenters. The summed E-state index contributed by atoms with van der Waals surface area (Å²) < 4.78 is 27.2. The Hall–Kier alpha value is -2.85. The summed E-state index contributed by atoms with van der Waals surface area (Å²) in [5.41, 5.74) is 0.669. The van der Waals surface area contributed by atoms with Gasteiger partial charge in [-0.25, -0.2) is 4.79 Å². The third kappa shape index (κ3) is 5.19. The smallest absolute Gasteiger partial charge is 0.321 e. The number of nitrogens with zero attached hydrogens (tertiary/aromatic N) is 3. The fourth-order valence-corrected chi connectivity index (χ4v) is 3.41. The molecular weight excluding hydrogens is 392 g/mol. The molecule has 2 aromatic rings. The van der Waals surface area contributed by atoms with Crippen LogP contribution in [0.3, 0.4) is 0 Å². The van der Waals surface area contributed by atoms with Crippen LogP contribution in [0.4, 0.5) is 10.5 Å². The van der Waals surface area contributed by atoms with Crippen LogP contribution in [0, 0.1) is 0 Å². The van der Waals surface area contributed by atoms with Crippen LogP contribution in [-0.4, -0.2) is 67.2 Å². The van der Waals surface area contributed by atoms with Gasteiger partial charge in [0.25, 0.3) is 0 Å². The van der Waals surface area contributed by atoms with E-state index >= 15 is 0 Å². The fraction of sp³-hybridized carbons (Fsp3) is 0.550. The predicted molar refractivity (Wildman–Crippen MR) is 106 cm³/mol. The monoisotopic (exact) mass is 418 g/mol. The molecule has 1 N–H and O–H groups in total. The molecular formula is C20H26N4O6. The fourth-order valence-electron chi connectivity index (χ4n) is 3.41. The maximum Gasteiger partial charge on any atom is 0.321 e. The largest absolute Gasteiger partial charge is 0.486 e. The van der Waals surface area contributed by atoms with Crippen molar-refractivity contribution in [2.75, 3.05) is 45.3 Å². The first-order valence-corrected chi connectivity index (χ1v) is 10.1. The molecule has 0 aliphatic carbocycles. The zero-order chi connectivity index (χ0) is 20.8. The Morgan fingerprint density at radius 2 is 2.17 bits per heavy atom. The van der Waals surface area contributed by atoms with Crippen LogP contribution >= 0.6 is 0 Å². The van der Waals surface area contributed by atoms with Crippen molar-refractivity contribution in [3.8, 4) is 11.5 Å². The average Bonchev–Trinajstić information content (AvgIpc) is 3.24. The highest BCUT2D eigenvalue weighted by molar-refractivity contribution is 5.89. The summed E-state index contributed by atoms with van der Waals surface area (Å²) in [5, 5.41) is 6.84. The van der Waals surface area contributed by atoms with Gasteiger partial charge < -0.3 is 33.7 Å². The van der Waals surface area contributed by atoms with E-state index in [-0.39, 0.29) is 18.7 Å². The van der Waals surface area contributed by atoms with Gasteiger partial charge in [0, 0.05) is 32.0 Å². The number of hydrogen-bond acceptors (Lipinski definition) is 8. The number of anilines is 1. The predicted octanol–water partition coefficient (Wildman–Crippen LogP) is 2.24. The summed E-state index contributed by atoms with van der Waals surface area (Å²) in [6, 6.07) is 5.22. The zero-order valence-corrected chi connectivity index (χ0v) is 17.0. The molecule has 0 bridgehead atoms. The van der Waals surface area contributed by atoms with Gasteiger partial charge in [-0.1, -0.05) is 5.16 Å². The van der Waals surface area contributed by atoms with Crippen molar-refractivity contribution < 1.29 is 28.3 Å². The van der Waals surface area contributed by atoms with Gasteiger partial charge in [-0.3, -0.25) is 0 Å². The molecule has 30 heavy (non-hydrogen) atoms. The number of hydrogen-bond donors (Lipinski definition) is 1. The summed E-state index contributed by atoms with van der Waals surface area (Å²) in [4.78, 5) is 18.7. The third-order valence-corrected chi connectivity index (χ3v) is 4.94. The van der Waals surface area contributed by atoms with Gasteiger partial charge in [0.2, 0.25) is 5.89 Å². The maximum atomic E-state index is 12.7. The second kappa shape index (κ2) is 9.77. The quantitative estimate of drug-likeness (QED) is 0.729. The van der Waals surface area contributed by atoms with Crippen molar-refractivity contribution in [2.45, 2.75) is 32.0 Å². The van der Waals surface area contributed by atoms with Gasteiger partial charge in [-0.2, -0.15) is 4.98 Å². The summed E-state index contributed by atoms with van der Waals surface area (Å²) in [6.45, 7) is 3.00. The standard InChI is InChI=1S/C20H26N4O6/c1-26-8-6-19-22-18(23-30-19)13-29-15-3-2-7-24(12-15)20(25)21-14-4-5-16-17(11-14)28-10-9-27-16/h4-5,11,15H,2-3,6-10,12-13H2,1H3,(H,21,25). The number of fused-ring (bicyclic) bond motifs is 1. The highest BCUT2D eigenvalue weighted by atomic mass is 16.6. The van der Waals surface area contributed by atoms with Crippen molar-refractivity contribution in [3.05, 3.63) is 29.9 Å². The topological polar surface area (TPSA) is 108 Å². The van der Waals surface area contributed by atoms with Crippen LogP contribution in [0.2, 0.25) is 0 Å². The van der Waals surface area contributed by atoms with Crippen LogP contribution < -0.4 is 14.8 Å². The number of methoxy groups -OCH3 is 1. The summed E-state index contributed by atoms with van der Waals surface area (Å²) in [5.74, 6) is 2.36. The summed E-state index contributed by atoms with van der Waals surface area (Å²) in [7, 11) is 1.62. The minimum atomic E-state index is -0.165. The Morgan fingerprint density at radius 1 is 1.30 bits per heavy atom. The zero-order valence-electron chi connectivity index (χ0n) is 17.0. The number of carbonyl (C=O) groups excluding carboxylic acids is 1. The number of likely N-dealkylation sites (tertiary alicyclic amines) is 1. The molecule has 0 saturated carbocycles. The molecule has 0 spiro atoms. The van der Waals surface area contributed by atoms with E-state index in [1.807, 2.05) is 0 Å². The lowest BCUT2D eigenvalue weighted by Gasteiger charge is -2.32. The maximum absolute atomic E-state index is 12.7. The molecule has 1 aromatic heterocycles. The van der Waals surface area contributed by atoms with E-state index in [0.717, 1.165) is 12.8 Å². The Morgan fingerprint density at radius 3 is 3.03 bits per heavy atom. The molecule has 1 fully saturated rings. The van der Waals surface area contributed by atoms with Crippen molar-refractivity contribution in [3.63, 3.8) is 0 Å². The molecule has 2 aliphatic rings. The molecule has 1 saturated heterocycles. The van der Waals surface area contributed by atoms with Crippen molar-refractivity contribution in [1.29, 1.82) is 0 Å². The molecule has 1 unspecified atom stereocenters. The summed E-state index contributed by atoms with van der Waals surface area (Å²) in [6.07, 6.45) is 2.23. The number of aromatic nitrogens is 2. The van der Waals surface area contributed by atoms with Crippen molar-refractivity contribution in [2.24, 2.45) is 0 Å². The number of nitrogens with one attached hydrogen (secondary N) is 1. The second-order valence-electron chi connectivity index (χ2n) is 7.16. The number of amides is 2. The van der Waals surface area contributed by atoms with Gasteiger partial charge in [0.1, 0.15) is 19.8 Å². The number of ether oxygens (including phenoxy) is 4. The molecule has 162 valence electrons. The van der Waals surface area contributed by atoms with Gasteiger partial charge in [-0.15, -0.1) is 0 Å². The molecule has 1 aromatic carbocycles. The Bertz CT molecular complexity index is 858. The molecule has 10 heteroatoms. The number of urea groups is 1. The SMILES string of the molecule is COCCc1nc(COC2CCCN(C(=O)Nc3ccc4c(c3)OCCO4)C2)no1. The van der Waals surface area contributed by atoms with E-state index < -0.39 is 0 Å². The van der Waals surface area contributed by atoms with Crippen LogP contribution in [0.1, 0.15) is 24.6 Å². The van der Waals surface area contributed by atoms with Crippen LogP contribution in [-0.2, 0) is 22.5 Å². The molecule has 3 heterocycles. The van der Waals surface area contributed by atoms with Crippen LogP contribution in [0.15, 0.2) is 22.7 Å². The number of benzene rings is 1. The van der Waals surface area contributed by atoms with Crippen molar-refractivity contribution in [1.82, 2.24) is 15.0 Å². The van der Waals surface area contributed by atoms with Crippen LogP contribution in [0.25, 0.3) is 0 Å². The van der Waals surface area contributed by atoms with E-state index in [1.54, 1.807) is 30.2 Å². The Labute approximate surface area is 174 Å². The number of rotatable bonds is 7. The van der Waals surface area contributed by atoms with Crippen LogP contribution in [0.5, 0.6) is 11.5 Å². The van der Waals surface area contributed by atoms with Gasteiger partial charge >= 0.3 is 6.03 Å². The van der Waals surface area contributed by atoms with Gasteiger partial charge in [0.15, 0.2) is 17.3 Å². The van der Waals surface area contributed by atoms with E-state index in [0.29, 0.717) is 68.2 Å². The average molecular weight is 418 g/mol. The molecule has 0 radical (unpaired) electrons. The number of piperidine rings is 1. The third-order valence-electron chi connectivity index (χ3n) is 4.94. The normalized spacial score (nSPS) is 18.3. The summed E-state index contributed by atoms with van der Waals surface area (Å²) >= 11 is 0. The first kappa shape index (κ1) is 20.4. The first-order chi connectivity index (χ1) is 14.7. The van der Waals surface area contributed by atoms with E-state index in [9.17, 15) is 4.79 Å². The lowest BCUT2D eigenvalue weighted by Crippen LogP contribution is -2.45. The number of carbonyl (C=O) groups is 1. The van der Waals surface area contributed by atoms with E-state index in [4.69, 9.17) is 23.5 Å². The highest BCUT2D eigenvalue weighted by Crippen LogP contribution is 2.32. The minimum absolute atomic E-state index is 0.0781. The first-order valence-electron chi connectivity index (χ1n) is 10.1. The Balaban J connectivity index is 1.27. The molecule has 2 amide bonds. The van der Waals surface area contributed by atoms with Gasteiger partial charge in [0.05, 0.1) is 19.1 Å². The molecule has 10 nitrogen and oxygen atoms in total. The van der Waals surface area contributed by atoms with Gasteiger partial charge in [-0.05, 0) is 25.0 Å². The van der Waals surface area contributed by atoms with E-state index in [2.05, 4.69) is 15.5 Å². The lowest BCUT2D eigenvalue weighted by atomic mass is 10.1. The second-order valence-corrected chi connectivity index (χ2v) is 7.16. The molecule has 4 rings (SSSR count). The van der Waals surface area contributed by atoms with E-state index in [1.165, 1.54) is 0 Å². The minimum Gasteiger partial charge on any atom is -0.486 e. The van der Waals surface area contributed by atoms with Crippen molar-refractivity contribution >= 4 is 11.7 Å². The molecule has 2 aliphatic heterocycles. The lowest BCUT2D eigenvalue weighted by molar-refractivity contribution is -0.00242. The Kier molecular flexibility index (Phi) is 6.65. The highest BCUT2D eigenvalue weighted by Gasteiger charge is 2.25.